The van der Waals surface area contributed by atoms with Crippen molar-refractivity contribution in [2.45, 2.75) is 19.8 Å². The molecule has 1 aromatic carbocycles. The molecule has 0 aromatic heterocycles. The number of carbonyl (C=O) groups excluding carboxylic acids is 1. The summed E-state index contributed by atoms with van der Waals surface area (Å²) in [6.45, 7) is 4.78. The number of hydrogen-bond donors (Lipinski definition) is 3. The molecule has 0 bridgehead atoms. The van der Waals surface area contributed by atoms with Gasteiger partial charge in [-0.25, -0.2) is 12.7 Å². The van der Waals surface area contributed by atoms with Crippen LogP contribution in [0.25, 0.3) is 0 Å². The minimum absolute atomic E-state index is 0. The van der Waals surface area contributed by atoms with E-state index in [1.807, 2.05) is 25.1 Å². The van der Waals surface area contributed by atoms with Crippen molar-refractivity contribution in [1.82, 2.24) is 20.3 Å². The lowest BCUT2D eigenvalue weighted by molar-refractivity contribution is 0.0963. The Bertz CT molecular complexity index is 770. The van der Waals surface area contributed by atoms with Crippen molar-refractivity contribution in [2.24, 2.45) is 4.99 Å². The van der Waals surface area contributed by atoms with Gasteiger partial charge in [0.1, 0.15) is 0 Å². The van der Waals surface area contributed by atoms with Crippen molar-refractivity contribution >= 4 is 45.9 Å². The quantitative estimate of drug-likeness (QED) is 0.266. The van der Waals surface area contributed by atoms with Crippen molar-refractivity contribution in [1.29, 1.82) is 0 Å². The van der Waals surface area contributed by atoms with Gasteiger partial charge in [0.25, 0.3) is 5.91 Å². The van der Waals surface area contributed by atoms with E-state index >= 15 is 0 Å². The van der Waals surface area contributed by atoms with Crippen LogP contribution in [0.4, 0.5) is 0 Å². The molecule has 1 amide bonds. The molecule has 0 radical (unpaired) electrons. The summed E-state index contributed by atoms with van der Waals surface area (Å²) in [5, 5.41) is 9.03. The maximum absolute atomic E-state index is 11.8. The molecule has 10 heteroatoms. The lowest BCUT2D eigenvalue weighted by Gasteiger charge is -2.14. The van der Waals surface area contributed by atoms with Crippen LogP contribution in [0.3, 0.4) is 0 Å². The van der Waals surface area contributed by atoms with Crippen LogP contribution in [0, 0.1) is 0 Å². The fourth-order valence-corrected chi connectivity index (χ4v) is 4.41. The van der Waals surface area contributed by atoms with E-state index in [1.165, 1.54) is 4.31 Å². The molecule has 28 heavy (non-hydrogen) atoms. The number of aliphatic imine (C=N–C) groups is 1. The molecule has 0 saturated carbocycles. The number of guanidine groups is 1. The number of benzene rings is 1. The van der Waals surface area contributed by atoms with Gasteiger partial charge < -0.3 is 16.0 Å². The van der Waals surface area contributed by atoms with Gasteiger partial charge in [-0.05, 0) is 37.5 Å². The molecule has 0 spiro atoms. The highest BCUT2D eigenvalue weighted by Crippen LogP contribution is 2.12. The van der Waals surface area contributed by atoms with Crippen LogP contribution in [0.5, 0.6) is 0 Å². The van der Waals surface area contributed by atoms with Gasteiger partial charge in [0.05, 0.1) is 12.3 Å². The third kappa shape index (κ3) is 7.55. The summed E-state index contributed by atoms with van der Waals surface area (Å²) in [5.74, 6) is 0.803. The molecule has 8 nitrogen and oxygen atoms in total. The van der Waals surface area contributed by atoms with Crippen LogP contribution in [0.2, 0.25) is 0 Å². The normalized spacial score (nSPS) is 16.3. The number of nitrogens with zero attached hydrogens (tertiary/aromatic N) is 2. The molecule has 0 atom stereocenters. The molecule has 1 aromatic rings. The fraction of sp³-hybridized carbons (Fsp3) is 0.556. The fourth-order valence-electron chi connectivity index (χ4n) is 2.90. The van der Waals surface area contributed by atoms with Crippen LogP contribution in [0.1, 0.15) is 29.3 Å². The van der Waals surface area contributed by atoms with Gasteiger partial charge in [0, 0.05) is 38.8 Å². The van der Waals surface area contributed by atoms with Crippen LogP contribution < -0.4 is 16.0 Å². The number of carbonyl (C=O) groups is 1. The summed E-state index contributed by atoms with van der Waals surface area (Å²) >= 11 is 0. The van der Waals surface area contributed by atoms with Gasteiger partial charge in [-0.1, -0.05) is 12.1 Å². The van der Waals surface area contributed by atoms with E-state index in [0.29, 0.717) is 44.1 Å². The Hall–Kier alpha value is -1.40. The monoisotopic (exact) mass is 523 g/mol. The average Bonchev–Trinajstić information content (AvgIpc) is 2.99. The van der Waals surface area contributed by atoms with Crippen LogP contribution >= 0.6 is 24.0 Å². The van der Waals surface area contributed by atoms with Crippen molar-refractivity contribution in [3.63, 3.8) is 0 Å². The molecule has 0 aliphatic carbocycles. The molecule has 1 fully saturated rings. The average molecular weight is 523 g/mol. The Labute approximate surface area is 184 Å². The zero-order valence-corrected chi connectivity index (χ0v) is 19.5. The molecule has 3 N–H and O–H groups in total. The van der Waals surface area contributed by atoms with Crippen LogP contribution in [-0.2, 0) is 16.4 Å². The first kappa shape index (κ1) is 24.6. The zero-order chi connectivity index (χ0) is 19.7. The second kappa shape index (κ2) is 12.2. The van der Waals surface area contributed by atoms with Crippen molar-refractivity contribution in [2.75, 3.05) is 45.5 Å². The van der Waals surface area contributed by atoms with Crippen molar-refractivity contribution < 1.29 is 13.2 Å². The van der Waals surface area contributed by atoms with Gasteiger partial charge in [-0.2, -0.15) is 0 Å². The molecule has 1 saturated heterocycles. The SMILES string of the molecule is CCNC(=NCCN1CCCS1(=O)=O)NCCc1cccc(C(=O)NC)c1.I. The predicted octanol–water partition coefficient (Wildman–Crippen LogP) is 0.797. The first-order chi connectivity index (χ1) is 13.0. The number of amides is 1. The summed E-state index contributed by atoms with van der Waals surface area (Å²) in [6.07, 6.45) is 1.44. The zero-order valence-electron chi connectivity index (χ0n) is 16.4. The summed E-state index contributed by atoms with van der Waals surface area (Å²) in [4.78, 5) is 16.2. The molecule has 158 valence electrons. The predicted molar refractivity (Wildman–Crippen MR) is 123 cm³/mol. The van der Waals surface area contributed by atoms with Gasteiger partial charge in [-0.3, -0.25) is 9.79 Å². The molecule has 0 unspecified atom stereocenters. The van der Waals surface area contributed by atoms with Crippen LogP contribution in [0.15, 0.2) is 29.3 Å². The highest BCUT2D eigenvalue weighted by Gasteiger charge is 2.27. The van der Waals surface area contributed by atoms with Gasteiger partial charge in [-0.15, -0.1) is 24.0 Å². The lowest BCUT2D eigenvalue weighted by atomic mass is 10.1. The van der Waals surface area contributed by atoms with E-state index in [0.717, 1.165) is 18.5 Å². The highest BCUT2D eigenvalue weighted by atomic mass is 127. The van der Waals surface area contributed by atoms with Crippen LogP contribution in [-0.4, -0.2) is 70.1 Å². The first-order valence-electron chi connectivity index (χ1n) is 9.27. The summed E-state index contributed by atoms with van der Waals surface area (Å²) < 4.78 is 25.1. The number of nitrogens with one attached hydrogen (secondary N) is 3. The Kier molecular flexibility index (Phi) is 10.8. The van der Waals surface area contributed by atoms with E-state index < -0.39 is 10.0 Å². The number of sulfonamides is 1. The molecule has 1 heterocycles. The number of hydrogen-bond acceptors (Lipinski definition) is 4. The summed E-state index contributed by atoms with van der Waals surface area (Å²) in [6, 6.07) is 7.52. The molecule has 1 aliphatic heterocycles. The third-order valence-corrected chi connectivity index (χ3v) is 6.25. The Balaban J connectivity index is 0.00000392. The summed E-state index contributed by atoms with van der Waals surface area (Å²) in [7, 11) is -1.46. The van der Waals surface area contributed by atoms with E-state index in [1.54, 1.807) is 13.1 Å². The first-order valence-corrected chi connectivity index (χ1v) is 10.9. The van der Waals surface area contributed by atoms with Gasteiger partial charge in [0.15, 0.2) is 5.96 Å². The second-order valence-corrected chi connectivity index (χ2v) is 8.37. The van der Waals surface area contributed by atoms with E-state index in [4.69, 9.17) is 0 Å². The Morgan fingerprint density at radius 3 is 2.71 bits per heavy atom. The van der Waals surface area contributed by atoms with E-state index in [-0.39, 0.29) is 35.6 Å². The Morgan fingerprint density at radius 1 is 1.29 bits per heavy atom. The highest BCUT2D eigenvalue weighted by molar-refractivity contribution is 14.0. The smallest absolute Gasteiger partial charge is 0.251 e. The Morgan fingerprint density at radius 2 is 2.07 bits per heavy atom. The molecule has 1 aliphatic rings. The van der Waals surface area contributed by atoms with Crippen molar-refractivity contribution in [3.8, 4) is 0 Å². The van der Waals surface area contributed by atoms with Gasteiger partial charge >= 0.3 is 0 Å². The molecular weight excluding hydrogens is 493 g/mol. The van der Waals surface area contributed by atoms with Gasteiger partial charge in [0.2, 0.25) is 10.0 Å². The number of halogens is 1. The maximum atomic E-state index is 11.8. The standard InChI is InChI=1S/C18H29N5O3S.HI/c1-3-20-18(22-10-12-23-11-5-13-27(23,25)26)21-9-8-15-6-4-7-16(14-15)17(24)19-2;/h4,6-7,14H,3,5,8-13H2,1-2H3,(H,19,24)(H2,20,21,22);1H. The third-order valence-electron chi connectivity index (χ3n) is 4.29. The van der Waals surface area contributed by atoms with E-state index in [2.05, 4.69) is 20.9 Å². The number of rotatable bonds is 8. The lowest BCUT2D eigenvalue weighted by Crippen LogP contribution is -2.39. The molecule has 2 rings (SSSR count). The second-order valence-electron chi connectivity index (χ2n) is 6.29. The molecular formula is C18H30IN5O3S. The minimum atomic E-state index is -3.07. The maximum Gasteiger partial charge on any atom is 0.251 e. The van der Waals surface area contributed by atoms with E-state index in [9.17, 15) is 13.2 Å². The summed E-state index contributed by atoms with van der Waals surface area (Å²) in [5.41, 5.74) is 1.70. The van der Waals surface area contributed by atoms with Crippen molar-refractivity contribution in [3.05, 3.63) is 35.4 Å². The largest absolute Gasteiger partial charge is 0.357 e. The minimum Gasteiger partial charge on any atom is -0.357 e. The topological polar surface area (TPSA) is 103 Å².